The van der Waals surface area contributed by atoms with Gasteiger partial charge in [0.15, 0.2) is 5.75 Å². The van der Waals surface area contributed by atoms with Gasteiger partial charge in [-0.15, -0.1) is 0 Å². The number of hydrogen-bond donors (Lipinski definition) is 1. The summed E-state index contributed by atoms with van der Waals surface area (Å²) in [5, 5.41) is 5.21. The predicted octanol–water partition coefficient (Wildman–Crippen LogP) is 7.80. The molecule has 4 aromatic carbocycles. The van der Waals surface area contributed by atoms with Crippen LogP contribution in [0.4, 0.5) is 4.39 Å². The van der Waals surface area contributed by atoms with E-state index in [9.17, 15) is 9.18 Å². The van der Waals surface area contributed by atoms with Crippen LogP contribution < -0.4 is 10.2 Å². The predicted molar refractivity (Wildman–Crippen MR) is 152 cm³/mol. The lowest BCUT2D eigenvalue weighted by Crippen LogP contribution is -2.18. The van der Waals surface area contributed by atoms with Crippen LogP contribution in [0.2, 0.25) is 5.02 Å². The molecule has 5 rings (SSSR count). The van der Waals surface area contributed by atoms with Crippen molar-refractivity contribution in [2.45, 2.75) is 6.61 Å². The monoisotopic (exact) mass is 587 g/mol. The number of carbonyl (C=O) groups excluding carboxylic acids is 1. The highest BCUT2D eigenvalue weighted by Gasteiger charge is 2.14. The molecule has 1 amide bonds. The summed E-state index contributed by atoms with van der Waals surface area (Å²) in [6, 6.07) is 28.5. The second-order valence-corrected chi connectivity index (χ2v) is 9.63. The zero-order valence-electron chi connectivity index (χ0n) is 19.9. The van der Waals surface area contributed by atoms with Crippen LogP contribution in [0.15, 0.2) is 107 Å². The first kappa shape index (κ1) is 25.6. The van der Waals surface area contributed by atoms with Crippen molar-refractivity contribution < 1.29 is 13.9 Å². The third-order valence-corrected chi connectivity index (χ3v) is 6.57. The number of halogens is 3. The number of rotatable bonds is 7. The first-order valence-corrected chi connectivity index (χ1v) is 12.8. The number of nitrogens with zero attached hydrogens (tertiary/aromatic N) is 2. The van der Waals surface area contributed by atoms with Crippen molar-refractivity contribution in [3.63, 3.8) is 0 Å². The van der Waals surface area contributed by atoms with Crippen LogP contribution >= 0.6 is 27.5 Å². The first-order chi connectivity index (χ1) is 18.5. The SMILES string of the molecule is O=C(N/N=C/c1cc(Cl)c(OCc2cccc(F)c2)c(Br)c1)c1cc(-c2ccccc2)nc2ccccc12. The fourth-order valence-electron chi connectivity index (χ4n) is 3.92. The molecular formula is C30H20BrClFN3O2. The average Bonchev–Trinajstić information content (AvgIpc) is 2.92. The Morgan fingerprint density at radius 3 is 2.58 bits per heavy atom. The third kappa shape index (κ3) is 5.90. The zero-order valence-corrected chi connectivity index (χ0v) is 22.2. The number of benzene rings is 4. The molecule has 8 heteroatoms. The number of nitrogens with one attached hydrogen (secondary N) is 1. The molecule has 188 valence electrons. The van der Waals surface area contributed by atoms with Crippen molar-refractivity contribution >= 4 is 50.6 Å². The van der Waals surface area contributed by atoms with E-state index in [-0.39, 0.29) is 18.3 Å². The summed E-state index contributed by atoms with van der Waals surface area (Å²) in [4.78, 5) is 17.8. The number of hydrazone groups is 1. The molecule has 0 spiro atoms. The quantitative estimate of drug-likeness (QED) is 0.156. The van der Waals surface area contributed by atoms with Crippen LogP contribution in [0.5, 0.6) is 5.75 Å². The summed E-state index contributed by atoms with van der Waals surface area (Å²) in [6.45, 7) is 0.157. The normalized spacial score (nSPS) is 11.1. The Bertz CT molecular complexity index is 1640. The maximum Gasteiger partial charge on any atom is 0.272 e. The Balaban J connectivity index is 1.33. The minimum absolute atomic E-state index is 0.157. The second-order valence-electron chi connectivity index (χ2n) is 8.37. The van der Waals surface area contributed by atoms with E-state index in [1.807, 2.05) is 54.6 Å². The van der Waals surface area contributed by atoms with Crippen LogP contribution in [-0.2, 0) is 6.61 Å². The number of amides is 1. The van der Waals surface area contributed by atoms with E-state index in [0.717, 1.165) is 10.9 Å². The van der Waals surface area contributed by atoms with Crippen molar-refractivity contribution in [1.82, 2.24) is 10.4 Å². The molecule has 0 aliphatic rings. The molecule has 38 heavy (non-hydrogen) atoms. The van der Waals surface area contributed by atoms with Crippen molar-refractivity contribution in [3.05, 3.63) is 129 Å². The van der Waals surface area contributed by atoms with E-state index in [0.29, 0.717) is 43.1 Å². The fraction of sp³-hybridized carbons (Fsp3) is 0.0333. The van der Waals surface area contributed by atoms with Gasteiger partial charge < -0.3 is 4.74 Å². The Morgan fingerprint density at radius 2 is 1.79 bits per heavy atom. The molecule has 1 heterocycles. The molecule has 0 fully saturated rings. The molecule has 5 aromatic rings. The third-order valence-electron chi connectivity index (χ3n) is 5.70. The number of aromatic nitrogens is 1. The van der Waals surface area contributed by atoms with E-state index in [4.69, 9.17) is 21.3 Å². The van der Waals surface area contributed by atoms with E-state index in [1.165, 1.54) is 18.3 Å². The van der Waals surface area contributed by atoms with E-state index < -0.39 is 0 Å². The Kier molecular flexibility index (Phi) is 7.77. The van der Waals surface area contributed by atoms with Crippen molar-refractivity contribution in [2.24, 2.45) is 5.10 Å². The summed E-state index contributed by atoms with van der Waals surface area (Å²) in [6.07, 6.45) is 1.49. The van der Waals surface area contributed by atoms with Gasteiger partial charge in [-0.1, -0.05) is 72.3 Å². The molecule has 0 radical (unpaired) electrons. The minimum atomic E-state index is -0.364. The van der Waals surface area contributed by atoms with E-state index >= 15 is 0 Å². The van der Waals surface area contributed by atoms with E-state index in [1.54, 1.807) is 30.3 Å². The Morgan fingerprint density at radius 1 is 1.00 bits per heavy atom. The molecule has 0 saturated heterocycles. The number of hydrogen-bond acceptors (Lipinski definition) is 4. The highest BCUT2D eigenvalue weighted by atomic mass is 79.9. The molecule has 1 aromatic heterocycles. The molecule has 0 aliphatic carbocycles. The molecule has 0 saturated carbocycles. The number of ether oxygens (including phenoxy) is 1. The van der Waals surface area contributed by atoms with Gasteiger partial charge in [0.25, 0.3) is 5.91 Å². The average molecular weight is 589 g/mol. The second kappa shape index (κ2) is 11.5. The molecule has 1 N–H and O–H groups in total. The largest absolute Gasteiger partial charge is 0.486 e. The van der Waals surface area contributed by atoms with Gasteiger partial charge in [0.1, 0.15) is 12.4 Å². The van der Waals surface area contributed by atoms with Gasteiger partial charge in [-0.05, 0) is 63.5 Å². The summed E-state index contributed by atoms with van der Waals surface area (Å²) in [5.41, 5.74) is 6.71. The first-order valence-electron chi connectivity index (χ1n) is 11.6. The molecule has 0 unspecified atom stereocenters. The molecular weight excluding hydrogens is 569 g/mol. The van der Waals surface area contributed by atoms with Gasteiger partial charge in [0.05, 0.1) is 32.5 Å². The van der Waals surface area contributed by atoms with Crippen LogP contribution in [0.1, 0.15) is 21.5 Å². The van der Waals surface area contributed by atoms with Crippen molar-refractivity contribution in [1.29, 1.82) is 0 Å². The minimum Gasteiger partial charge on any atom is -0.486 e. The smallest absolute Gasteiger partial charge is 0.272 e. The van der Waals surface area contributed by atoms with Crippen LogP contribution in [0, 0.1) is 5.82 Å². The lowest BCUT2D eigenvalue weighted by Gasteiger charge is -2.11. The van der Waals surface area contributed by atoms with Crippen LogP contribution in [0.25, 0.3) is 22.2 Å². The summed E-state index contributed by atoms with van der Waals surface area (Å²) < 4.78 is 19.8. The van der Waals surface area contributed by atoms with Gasteiger partial charge >= 0.3 is 0 Å². The van der Waals surface area contributed by atoms with Gasteiger partial charge in [0, 0.05) is 10.9 Å². The van der Waals surface area contributed by atoms with Gasteiger partial charge in [-0.2, -0.15) is 5.10 Å². The standard InChI is InChI=1S/C30H20BrClFN3O2/c31-25-14-20(15-26(32)29(25)38-18-19-7-6-10-22(33)13-19)17-34-36-30(37)24-16-28(21-8-2-1-3-9-21)35-27-12-5-4-11-23(24)27/h1-17H,18H2,(H,36,37)/b34-17+. The number of fused-ring (bicyclic) bond motifs is 1. The molecule has 0 atom stereocenters. The summed E-state index contributed by atoms with van der Waals surface area (Å²) in [7, 11) is 0. The Labute approximate surface area is 232 Å². The number of carbonyl (C=O) groups is 1. The number of para-hydroxylation sites is 1. The lowest BCUT2D eigenvalue weighted by atomic mass is 10.0. The van der Waals surface area contributed by atoms with Crippen molar-refractivity contribution in [2.75, 3.05) is 0 Å². The number of pyridine rings is 1. The zero-order chi connectivity index (χ0) is 26.5. The Hall–Kier alpha value is -4.07. The maximum absolute atomic E-state index is 13.4. The maximum atomic E-state index is 13.4. The topological polar surface area (TPSA) is 63.6 Å². The highest BCUT2D eigenvalue weighted by Crippen LogP contribution is 2.35. The van der Waals surface area contributed by atoms with Crippen LogP contribution in [-0.4, -0.2) is 17.1 Å². The lowest BCUT2D eigenvalue weighted by molar-refractivity contribution is 0.0956. The molecule has 0 bridgehead atoms. The summed E-state index contributed by atoms with van der Waals surface area (Å²) >= 11 is 9.89. The van der Waals surface area contributed by atoms with Gasteiger partial charge in [0.2, 0.25) is 0 Å². The van der Waals surface area contributed by atoms with Gasteiger partial charge in [-0.3, -0.25) is 4.79 Å². The summed E-state index contributed by atoms with van der Waals surface area (Å²) in [5.74, 6) is -0.271. The van der Waals surface area contributed by atoms with Crippen LogP contribution in [0.3, 0.4) is 0 Å². The fourth-order valence-corrected chi connectivity index (χ4v) is 4.91. The van der Waals surface area contributed by atoms with Gasteiger partial charge in [-0.25, -0.2) is 14.8 Å². The van der Waals surface area contributed by atoms with E-state index in [2.05, 4.69) is 26.5 Å². The van der Waals surface area contributed by atoms with Crippen molar-refractivity contribution in [3.8, 4) is 17.0 Å². The highest BCUT2D eigenvalue weighted by molar-refractivity contribution is 9.10. The molecule has 0 aliphatic heterocycles. The molecule has 5 nitrogen and oxygen atoms in total.